The summed E-state index contributed by atoms with van der Waals surface area (Å²) < 4.78 is 1.88. The maximum atomic E-state index is 4.21. The fourth-order valence-electron chi connectivity index (χ4n) is 1.82. The topological polar surface area (TPSA) is 55.6 Å². The first-order chi connectivity index (χ1) is 8.33. The molecule has 0 fully saturated rings. The summed E-state index contributed by atoms with van der Waals surface area (Å²) in [5.41, 5.74) is 2.24. The summed E-state index contributed by atoms with van der Waals surface area (Å²) in [7, 11) is 1.95. The van der Waals surface area contributed by atoms with Gasteiger partial charge in [0.25, 0.3) is 0 Å². The Hall–Kier alpha value is -1.75. The molecule has 0 bridgehead atoms. The van der Waals surface area contributed by atoms with Crippen LogP contribution in [-0.2, 0) is 7.05 Å². The van der Waals surface area contributed by atoms with E-state index in [9.17, 15) is 0 Å². The van der Waals surface area contributed by atoms with E-state index in [0.29, 0.717) is 0 Å². The Bertz CT molecular complexity index is 451. The molecule has 1 N–H and O–H groups in total. The molecule has 1 unspecified atom stereocenters. The molecule has 2 rings (SSSR count). The van der Waals surface area contributed by atoms with E-state index >= 15 is 0 Å². The molecule has 0 spiro atoms. The number of rotatable bonds is 5. The standard InChI is InChI=1S/C12H17N5/c1-3-6-13-12(10-4-7-14-15-9-10)11-5-8-16-17(11)2/h4-5,7-9,12-13H,3,6H2,1-2H3. The monoisotopic (exact) mass is 231 g/mol. The summed E-state index contributed by atoms with van der Waals surface area (Å²) in [4.78, 5) is 0. The summed E-state index contributed by atoms with van der Waals surface area (Å²) in [5.74, 6) is 0. The van der Waals surface area contributed by atoms with Crippen LogP contribution in [0.15, 0.2) is 30.7 Å². The third-order valence-electron chi connectivity index (χ3n) is 2.69. The van der Waals surface area contributed by atoms with E-state index in [-0.39, 0.29) is 6.04 Å². The van der Waals surface area contributed by atoms with Crippen LogP contribution >= 0.6 is 0 Å². The molecule has 0 aliphatic rings. The molecule has 0 aromatic carbocycles. The molecule has 5 nitrogen and oxygen atoms in total. The lowest BCUT2D eigenvalue weighted by molar-refractivity contribution is 0.551. The molecule has 0 amide bonds. The van der Waals surface area contributed by atoms with Gasteiger partial charge in [-0.25, -0.2) is 0 Å². The average molecular weight is 231 g/mol. The first-order valence-corrected chi connectivity index (χ1v) is 5.80. The van der Waals surface area contributed by atoms with Crippen LogP contribution in [0, 0.1) is 0 Å². The highest BCUT2D eigenvalue weighted by atomic mass is 15.3. The lowest BCUT2D eigenvalue weighted by Gasteiger charge is -2.18. The van der Waals surface area contributed by atoms with Crippen LogP contribution < -0.4 is 5.32 Å². The van der Waals surface area contributed by atoms with Gasteiger partial charge in [0.05, 0.1) is 17.9 Å². The van der Waals surface area contributed by atoms with E-state index in [1.54, 1.807) is 12.4 Å². The number of aromatic nitrogens is 4. The van der Waals surface area contributed by atoms with Crippen molar-refractivity contribution in [3.05, 3.63) is 42.0 Å². The Labute approximate surface area is 101 Å². The molecule has 5 heteroatoms. The zero-order valence-corrected chi connectivity index (χ0v) is 10.2. The minimum Gasteiger partial charge on any atom is -0.305 e. The highest BCUT2D eigenvalue weighted by molar-refractivity contribution is 5.23. The van der Waals surface area contributed by atoms with Gasteiger partial charge in [0.2, 0.25) is 0 Å². The molecular weight excluding hydrogens is 214 g/mol. The van der Waals surface area contributed by atoms with E-state index in [2.05, 4.69) is 27.5 Å². The van der Waals surface area contributed by atoms with Crippen molar-refractivity contribution in [2.24, 2.45) is 7.05 Å². The molecule has 2 aromatic rings. The summed E-state index contributed by atoms with van der Waals surface area (Å²) in [6.07, 6.45) is 6.41. The number of nitrogens with one attached hydrogen (secondary N) is 1. The molecule has 0 saturated carbocycles. The van der Waals surface area contributed by atoms with Crippen molar-refractivity contribution in [1.29, 1.82) is 0 Å². The normalized spacial score (nSPS) is 12.6. The minimum absolute atomic E-state index is 0.123. The predicted molar refractivity (Wildman–Crippen MR) is 65.4 cm³/mol. The molecule has 0 radical (unpaired) electrons. The molecule has 2 aromatic heterocycles. The van der Waals surface area contributed by atoms with Crippen molar-refractivity contribution in [3.8, 4) is 0 Å². The van der Waals surface area contributed by atoms with Gasteiger partial charge in [-0.15, -0.1) is 0 Å². The van der Waals surface area contributed by atoms with E-state index in [0.717, 1.165) is 24.2 Å². The molecule has 0 saturated heterocycles. The quantitative estimate of drug-likeness (QED) is 0.842. The second-order valence-corrected chi connectivity index (χ2v) is 3.94. The van der Waals surface area contributed by atoms with Gasteiger partial charge in [0.1, 0.15) is 0 Å². The van der Waals surface area contributed by atoms with Gasteiger partial charge in [-0.3, -0.25) is 4.68 Å². The zero-order chi connectivity index (χ0) is 12.1. The van der Waals surface area contributed by atoms with Gasteiger partial charge in [-0.2, -0.15) is 15.3 Å². The molecule has 0 aliphatic heterocycles. The maximum Gasteiger partial charge on any atom is 0.0764 e. The van der Waals surface area contributed by atoms with Gasteiger partial charge >= 0.3 is 0 Å². The smallest absolute Gasteiger partial charge is 0.0764 e. The van der Waals surface area contributed by atoms with Crippen molar-refractivity contribution < 1.29 is 0 Å². The van der Waals surface area contributed by atoms with Crippen LogP contribution in [0.5, 0.6) is 0 Å². The van der Waals surface area contributed by atoms with Crippen LogP contribution in [-0.4, -0.2) is 26.5 Å². The largest absolute Gasteiger partial charge is 0.305 e. The minimum atomic E-state index is 0.123. The fourth-order valence-corrected chi connectivity index (χ4v) is 1.82. The lowest BCUT2D eigenvalue weighted by Crippen LogP contribution is -2.25. The summed E-state index contributed by atoms with van der Waals surface area (Å²) in [5, 5.41) is 15.5. The first kappa shape index (κ1) is 11.7. The maximum absolute atomic E-state index is 4.21. The Morgan fingerprint density at radius 2 is 2.18 bits per heavy atom. The van der Waals surface area contributed by atoms with Crippen LogP contribution in [0.1, 0.15) is 30.6 Å². The lowest BCUT2D eigenvalue weighted by atomic mass is 10.1. The van der Waals surface area contributed by atoms with Gasteiger partial charge in [-0.1, -0.05) is 6.92 Å². The van der Waals surface area contributed by atoms with Crippen molar-refractivity contribution >= 4 is 0 Å². The van der Waals surface area contributed by atoms with E-state index in [1.807, 2.05) is 30.1 Å². The van der Waals surface area contributed by atoms with Crippen molar-refractivity contribution in [3.63, 3.8) is 0 Å². The number of nitrogens with zero attached hydrogens (tertiary/aromatic N) is 4. The third-order valence-corrected chi connectivity index (χ3v) is 2.69. The van der Waals surface area contributed by atoms with E-state index in [4.69, 9.17) is 0 Å². The number of hydrogen-bond donors (Lipinski definition) is 1. The Morgan fingerprint density at radius 3 is 2.76 bits per heavy atom. The second kappa shape index (κ2) is 5.54. The average Bonchev–Trinajstić information content (AvgIpc) is 2.78. The second-order valence-electron chi connectivity index (χ2n) is 3.94. The molecule has 0 aliphatic carbocycles. The Kier molecular flexibility index (Phi) is 3.82. The predicted octanol–water partition coefficient (Wildman–Crippen LogP) is 1.30. The van der Waals surface area contributed by atoms with Crippen LogP contribution in [0.25, 0.3) is 0 Å². The molecular formula is C12H17N5. The van der Waals surface area contributed by atoms with Crippen LogP contribution in [0.4, 0.5) is 0 Å². The van der Waals surface area contributed by atoms with E-state index in [1.165, 1.54) is 0 Å². The molecule has 17 heavy (non-hydrogen) atoms. The van der Waals surface area contributed by atoms with Crippen molar-refractivity contribution in [2.45, 2.75) is 19.4 Å². The van der Waals surface area contributed by atoms with Crippen molar-refractivity contribution in [2.75, 3.05) is 6.54 Å². The van der Waals surface area contributed by atoms with Crippen LogP contribution in [0.2, 0.25) is 0 Å². The highest BCUT2D eigenvalue weighted by Crippen LogP contribution is 2.19. The van der Waals surface area contributed by atoms with Crippen molar-refractivity contribution in [1.82, 2.24) is 25.3 Å². The summed E-state index contributed by atoms with van der Waals surface area (Å²) in [6.45, 7) is 3.11. The fraction of sp³-hybridized carbons (Fsp3) is 0.417. The molecule has 2 heterocycles. The zero-order valence-electron chi connectivity index (χ0n) is 10.2. The Balaban J connectivity index is 2.29. The molecule has 1 atom stereocenters. The number of hydrogen-bond acceptors (Lipinski definition) is 4. The SMILES string of the molecule is CCCNC(c1ccnnc1)c1ccnn1C. The summed E-state index contributed by atoms with van der Waals surface area (Å²) in [6, 6.07) is 4.12. The van der Waals surface area contributed by atoms with Gasteiger partial charge in [-0.05, 0) is 30.7 Å². The number of aryl methyl sites for hydroxylation is 1. The Morgan fingerprint density at radius 1 is 1.29 bits per heavy atom. The highest BCUT2D eigenvalue weighted by Gasteiger charge is 2.16. The third kappa shape index (κ3) is 2.68. The van der Waals surface area contributed by atoms with Gasteiger partial charge < -0.3 is 5.32 Å². The van der Waals surface area contributed by atoms with Gasteiger partial charge in [0.15, 0.2) is 0 Å². The summed E-state index contributed by atoms with van der Waals surface area (Å²) >= 11 is 0. The van der Waals surface area contributed by atoms with Gasteiger partial charge in [0, 0.05) is 19.4 Å². The van der Waals surface area contributed by atoms with Crippen LogP contribution in [0.3, 0.4) is 0 Å². The molecule has 90 valence electrons. The van der Waals surface area contributed by atoms with E-state index < -0.39 is 0 Å². The first-order valence-electron chi connectivity index (χ1n) is 5.80.